The minimum atomic E-state index is -4.54. The van der Waals surface area contributed by atoms with Crippen LogP contribution < -0.4 is 9.62 Å². The Kier molecular flexibility index (Phi) is 7.74. The van der Waals surface area contributed by atoms with Crippen molar-refractivity contribution < 1.29 is 26.4 Å². The predicted octanol–water partition coefficient (Wildman–Crippen LogP) is 5.30. The molecule has 12 heteroatoms. The summed E-state index contributed by atoms with van der Waals surface area (Å²) >= 11 is 12.2. The van der Waals surface area contributed by atoms with E-state index in [-0.39, 0.29) is 18.7 Å². The third-order valence-corrected chi connectivity index (χ3v) is 6.45. The maximum absolute atomic E-state index is 12.6. The molecule has 0 aliphatic heterocycles. The Labute approximate surface area is 204 Å². The maximum Gasteiger partial charge on any atom is 0.433 e. The van der Waals surface area contributed by atoms with Gasteiger partial charge in [-0.2, -0.15) is 13.2 Å². The van der Waals surface area contributed by atoms with Crippen molar-refractivity contribution in [3.8, 4) is 0 Å². The fourth-order valence-electron chi connectivity index (χ4n) is 2.98. The van der Waals surface area contributed by atoms with E-state index < -0.39 is 27.8 Å². The van der Waals surface area contributed by atoms with Crippen LogP contribution in [0.5, 0.6) is 0 Å². The standard InChI is InChI=1S/C22H18Cl2F3N3O3S/c1-34(32,33)30(13-16-10-17(23)5-8-19(16)24)18-6-3-15(4-7-18)21(31)29-12-14-2-9-20(28-11-14)22(25,26)27/h2-11H,12-13H2,1H3,(H,29,31). The van der Waals surface area contributed by atoms with Gasteiger partial charge < -0.3 is 5.32 Å². The van der Waals surface area contributed by atoms with E-state index in [1.807, 2.05) is 0 Å². The molecule has 0 aliphatic rings. The van der Waals surface area contributed by atoms with Crippen LogP contribution in [0.15, 0.2) is 60.8 Å². The number of sulfonamides is 1. The van der Waals surface area contributed by atoms with E-state index in [9.17, 15) is 26.4 Å². The SMILES string of the molecule is CS(=O)(=O)N(Cc1cc(Cl)ccc1Cl)c1ccc(C(=O)NCc2ccc(C(F)(F)F)nc2)cc1. The minimum Gasteiger partial charge on any atom is -0.348 e. The molecule has 0 atom stereocenters. The van der Waals surface area contributed by atoms with Crippen LogP contribution in [0.4, 0.5) is 18.9 Å². The van der Waals surface area contributed by atoms with Gasteiger partial charge in [-0.3, -0.25) is 14.1 Å². The fraction of sp³-hybridized carbons (Fsp3) is 0.182. The van der Waals surface area contributed by atoms with Gasteiger partial charge in [0.25, 0.3) is 5.91 Å². The lowest BCUT2D eigenvalue weighted by atomic mass is 10.1. The Morgan fingerprint density at radius 3 is 2.29 bits per heavy atom. The smallest absolute Gasteiger partial charge is 0.348 e. The summed E-state index contributed by atoms with van der Waals surface area (Å²) in [6.07, 6.45) is -2.46. The van der Waals surface area contributed by atoms with Crippen molar-refractivity contribution in [1.82, 2.24) is 10.3 Å². The molecule has 180 valence electrons. The van der Waals surface area contributed by atoms with Gasteiger partial charge in [0.15, 0.2) is 0 Å². The van der Waals surface area contributed by atoms with Gasteiger partial charge >= 0.3 is 6.18 Å². The molecule has 0 fully saturated rings. The van der Waals surface area contributed by atoms with Gasteiger partial charge in [0.2, 0.25) is 10.0 Å². The third-order valence-electron chi connectivity index (χ3n) is 4.71. The van der Waals surface area contributed by atoms with E-state index in [0.29, 0.717) is 26.9 Å². The number of rotatable bonds is 7. The van der Waals surface area contributed by atoms with Crippen LogP contribution in [0.2, 0.25) is 10.0 Å². The zero-order chi connectivity index (χ0) is 25.1. The third kappa shape index (κ3) is 6.62. The quantitative estimate of drug-likeness (QED) is 0.448. The largest absolute Gasteiger partial charge is 0.433 e. The lowest BCUT2D eigenvalue weighted by Crippen LogP contribution is -2.29. The summed E-state index contributed by atoms with van der Waals surface area (Å²) in [5.41, 5.74) is 0.415. The second kappa shape index (κ2) is 10.2. The van der Waals surface area contributed by atoms with Crippen LogP contribution in [0.1, 0.15) is 27.2 Å². The first-order valence-corrected chi connectivity index (χ1v) is 12.3. The summed E-state index contributed by atoms with van der Waals surface area (Å²) in [7, 11) is -3.70. The molecular formula is C22H18Cl2F3N3O3S. The highest BCUT2D eigenvalue weighted by atomic mass is 35.5. The second-order valence-corrected chi connectivity index (χ2v) is 10.0. The Morgan fingerprint density at radius 1 is 1.06 bits per heavy atom. The Bertz CT molecular complexity index is 1280. The molecule has 1 aromatic heterocycles. The zero-order valence-corrected chi connectivity index (χ0v) is 19.9. The molecule has 3 rings (SSSR count). The first-order valence-electron chi connectivity index (χ1n) is 9.66. The van der Waals surface area contributed by atoms with Gasteiger partial charge in [0.1, 0.15) is 5.69 Å². The van der Waals surface area contributed by atoms with E-state index in [4.69, 9.17) is 23.2 Å². The number of anilines is 1. The molecule has 3 aromatic rings. The number of benzene rings is 2. The lowest BCUT2D eigenvalue weighted by molar-refractivity contribution is -0.141. The average Bonchev–Trinajstić information content (AvgIpc) is 2.77. The summed E-state index contributed by atoms with van der Waals surface area (Å²) in [5, 5.41) is 3.34. The molecule has 0 saturated heterocycles. The van der Waals surface area contributed by atoms with Gasteiger partial charge in [-0.05, 0) is 59.7 Å². The highest BCUT2D eigenvalue weighted by Gasteiger charge is 2.32. The molecule has 1 N–H and O–H groups in total. The summed E-state index contributed by atoms with van der Waals surface area (Å²) in [6, 6.07) is 12.6. The highest BCUT2D eigenvalue weighted by molar-refractivity contribution is 7.92. The van der Waals surface area contributed by atoms with Crippen LogP contribution >= 0.6 is 23.2 Å². The monoisotopic (exact) mass is 531 g/mol. The number of nitrogens with zero attached hydrogens (tertiary/aromatic N) is 2. The van der Waals surface area contributed by atoms with Gasteiger partial charge in [-0.25, -0.2) is 8.42 Å². The molecule has 0 radical (unpaired) electrons. The van der Waals surface area contributed by atoms with Crippen LogP contribution in [0.25, 0.3) is 0 Å². The van der Waals surface area contributed by atoms with Crippen LogP contribution in [-0.2, 0) is 29.3 Å². The Balaban J connectivity index is 1.71. The van der Waals surface area contributed by atoms with Crippen molar-refractivity contribution in [3.05, 3.63) is 93.2 Å². The number of halogens is 5. The minimum absolute atomic E-state index is 0.0333. The first-order chi connectivity index (χ1) is 15.8. The number of aromatic nitrogens is 1. The molecule has 1 amide bonds. The number of nitrogens with one attached hydrogen (secondary N) is 1. The summed E-state index contributed by atoms with van der Waals surface area (Å²) in [4.78, 5) is 15.8. The van der Waals surface area contributed by atoms with Gasteiger partial charge in [-0.15, -0.1) is 0 Å². The first kappa shape index (κ1) is 25.8. The number of pyridine rings is 1. The number of alkyl halides is 3. The molecule has 0 saturated carbocycles. The molecule has 2 aromatic carbocycles. The number of carbonyl (C=O) groups excluding carboxylic acids is 1. The van der Waals surface area contributed by atoms with Crippen molar-refractivity contribution in [2.24, 2.45) is 0 Å². The van der Waals surface area contributed by atoms with Gasteiger partial charge in [0, 0.05) is 28.4 Å². The fourth-order valence-corrected chi connectivity index (χ4v) is 4.23. The van der Waals surface area contributed by atoms with Crippen molar-refractivity contribution >= 4 is 44.8 Å². The second-order valence-electron chi connectivity index (χ2n) is 7.28. The normalized spacial score (nSPS) is 11.8. The van der Waals surface area contributed by atoms with Crippen LogP contribution in [0.3, 0.4) is 0 Å². The zero-order valence-electron chi connectivity index (χ0n) is 17.6. The number of hydrogen-bond donors (Lipinski definition) is 1. The van der Waals surface area contributed by atoms with E-state index in [1.165, 1.54) is 30.3 Å². The van der Waals surface area contributed by atoms with Gasteiger partial charge in [0.05, 0.1) is 18.5 Å². The average molecular weight is 532 g/mol. The molecule has 6 nitrogen and oxygen atoms in total. The topological polar surface area (TPSA) is 79.4 Å². The number of carbonyl (C=O) groups is 1. The van der Waals surface area contributed by atoms with Crippen molar-refractivity contribution in [2.45, 2.75) is 19.3 Å². The number of amides is 1. The molecule has 0 aliphatic carbocycles. The number of hydrogen-bond acceptors (Lipinski definition) is 4. The van der Waals surface area contributed by atoms with E-state index in [2.05, 4.69) is 10.3 Å². The summed E-state index contributed by atoms with van der Waals surface area (Å²) in [5.74, 6) is -0.491. The molecule has 34 heavy (non-hydrogen) atoms. The van der Waals surface area contributed by atoms with E-state index >= 15 is 0 Å². The van der Waals surface area contributed by atoms with Crippen molar-refractivity contribution in [2.75, 3.05) is 10.6 Å². The van der Waals surface area contributed by atoms with E-state index in [0.717, 1.165) is 22.8 Å². The molecule has 1 heterocycles. The van der Waals surface area contributed by atoms with Crippen molar-refractivity contribution in [3.63, 3.8) is 0 Å². The Hall–Kier alpha value is -2.82. The molecular weight excluding hydrogens is 514 g/mol. The van der Waals surface area contributed by atoms with Crippen LogP contribution in [0, 0.1) is 0 Å². The molecule has 0 bridgehead atoms. The lowest BCUT2D eigenvalue weighted by Gasteiger charge is -2.23. The van der Waals surface area contributed by atoms with Gasteiger partial charge in [-0.1, -0.05) is 29.3 Å². The predicted molar refractivity (Wildman–Crippen MR) is 124 cm³/mol. The highest BCUT2D eigenvalue weighted by Crippen LogP contribution is 2.28. The van der Waals surface area contributed by atoms with E-state index in [1.54, 1.807) is 18.2 Å². The summed E-state index contributed by atoms with van der Waals surface area (Å²) in [6.45, 7) is -0.0981. The molecule has 0 spiro atoms. The van der Waals surface area contributed by atoms with Crippen LogP contribution in [-0.4, -0.2) is 25.6 Å². The maximum atomic E-state index is 12.6. The Morgan fingerprint density at radius 2 is 1.74 bits per heavy atom. The molecule has 0 unspecified atom stereocenters. The van der Waals surface area contributed by atoms with Crippen molar-refractivity contribution in [1.29, 1.82) is 0 Å². The summed E-state index contributed by atoms with van der Waals surface area (Å²) < 4.78 is 63.7.